The second-order valence-corrected chi connectivity index (χ2v) is 3.02. The van der Waals surface area contributed by atoms with Crippen molar-refractivity contribution in [2.24, 2.45) is 0 Å². The van der Waals surface area contributed by atoms with Gasteiger partial charge in [0.25, 0.3) is 5.69 Å². The van der Waals surface area contributed by atoms with E-state index in [1.807, 2.05) is 0 Å². The molecule has 0 aliphatic heterocycles. The smallest absolute Gasteiger partial charge is 0.342 e. The molecule has 0 amide bonds. The van der Waals surface area contributed by atoms with Crippen LogP contribution in [0.15, 0.2) is 12.1 Å². The Labute approximate surface area is 84.9 Å². The summed E-state index contributed by atoms with van der Waals surface area (Å²) < 4.78 is 0. The third-order valence-corrected chi connectivity index (χ3v) is 2.05. The number of carboxylic acids is 1. The Morgan fingerprint density at radius 1 is 1.53 bits per heavy atom. The number of benzene rings is 1. The summed E-state index contributed by atoms with van der Waals surface area (Å²) >= 11 is 0. The molecule has 0 saturated carbocycles. The van der Waals surface area contributed by atoms with E-state index in [4.69, 9.17) is 10.2 Å². The predicted molar refractivity (Wildman–Crippen MR) is 50.7 cm³/mol. The molecule has 0 unspecified atom stereocenters. The monoisotopic (exact) mass is 211 g/mol. The molecule has 0 atom stereocenters. The van der Waals surface area contributed by atoms with Crippen molar-refractivity contribution in [3.8, 4) is 0 Å². The molecule has 0 spiro atoms. The lowest BCUT2D eigenvalue weighted by Crippen LogP contribution is -2.05. The lowest BCUT2D eigenvalue weighted by molar-refractivity contribution is -0.385. The third-order valence-electron chi connectivity index (χ3n) is 2.05. The Morgan fingerprint density at radius 2 is 2.13 bits per heavy atom. The fraction of sp³-hybridized carbons (Fsp3) is 0.222. The molecule has 0 bridgehead atoms. The molecule has 0 aliphatic carbocycles. The molecule has 0 aliphatic rings. The normalized spacial score (nSPS) is 10.0. The summed E-state index contributed by atoms with van der Waals surface area (Å²) in [4.78, 5) is 20.5. The molecule has 0 heterocycles. The number of carbonyl (C=O) groups is 1. The summed E-state index contributed by atoms with van der Waals surface area (Å²) in [5.41, 5.74) is -0.000880. The number of nitro benzene ring substituents is 1. The molecule has 1 aromatic rings. The van der Waals surface area contributed by atoms with Crippen LogP contribution in [0.25, 0.3) is 0 Å². The molecule has 6 heteroatoms. The SMILES string of the molecule is Cc1cc([N+](=O)[O-])c(C(=O)O)cc1CO. The van der Waals surface area contributed by atoms with Crippen LogP contribution in [0.1, 0.15) is 21.5 Å². The van der Waals surface area contributed by atoms with Crippen LogP contribution in [0.5, 0.6) is 0 Å². The second-order valence-electron chi connectivity index (χ2n) is 3.02. The first-order valence-corrected chi connectivity index (χ1v) is 4.09. The van der Waals surface area contributed by atoms with E-state index in [0.29, 0.717) is 11.1 Å². The van der Waals surface area contributed by atoms with Gasteiger partial charge in [-0.2, -0.15) is 0 Å². The van der Waals surface area contributed by atoms with Crippen molar-refractivity contribution in [3.63, 3.8) is 0 Å². The first kappa shape index (κ1) is 11.1. The Bertz CT molecular complexity index is 427. The van der Waals surface area contributed by atoms with Crippen molar-refractivity contribution < 1.29 is 19.9 Å². The van der Waals surface area contributed by atoms with Crippen LogP contribution in [0, 0.1) is 17.0 Å². The van der Waals surface area contributed by atoms with Gasteiger partial charge in [-0.15, -0.1) is 0 Å². The molecule has 1 aromatic carbocycles. The van der Waals surface area contributed by atoms with E-state index in [0.717, 1.165) is 12.1 Å². The van der Waals surface area contributed by atoms with Crippen LogP contribution in [-0.4, -0.2) is 21.1 Å². The molecule has 2 N–H and O–H groups in total. The number of nitrogens with zero attached hydrogens (tertiary/aromatic N) is 1. The van der Waals surface area contributed by atoms with Gasteiger partial charge in [0, 0.05) is 6.07 Å². The minimum Gasteiger partial charge on any atom is -0.477 e. The van der Waals surface area contributed by atoms with Gasteiger partial charge >= 0.3 is 5.97 Å². The maximum Gasteiger partial charge on any atom is 0.342 e. The number of hydrogen-bond acceptors (Lipinski definition) is 4. The first-order valence-electron chi connectivity index (χ1n) is 4.09. The van der Waals surface area contributed by atoms with E-state index >= 15 is 0 Å². The Balaban J connectivity index is 3.45. The van der Waals surface area contributed by atoms with Gasteiger partial charge in [0.05, 0.1) is 11.5 Å². The Kier molecular flexibility index (Phi) is 3.01. The highest BCUT2D eigenvalue weighted by Gasteiger charge is 2.21. The average molecular weight is 211 g/mol. The molecule has 0 radical (unpaired) electrons. The Hall–Kier alpha value is -1.95. The molecule has 0 saturated heterocycles. The number of aliphatic hydroxyl groups excluding tert-OH is 1. The van der Waals surface area contributed by atoms with Gasteiger partial charge in [-0.3, -0.25) is 10.1 Å². The van der Waals surface area contributed by atoms with Gasteiger partial charge in [-0.1, -0.05) is 0 Å². The number of aliphatic hydroxyl groups is 1. The fourth-order valence-electron chi connectivity index (χ4n) is 1.23. The van der Waals surface area contributed by atoms with E-state index in [2.05, 4.69) is 0 Å². The number of rotatable bonds is 3. The van der Waals surface area contributed by atoms with Crippen molar-refractivity contribution in [2.45, 2.75) is 13.5 Å². The molecular weight excluding hydrogens is 202 g/mol. The van der Waals surface area contributed by atoms with Crippen LogP contribution in [0.2, 0.25) is 0 Å². The molecule has 0 fully saturated rings. The molecule has 1 rings (SSSR count). The van der Waals surface area contributed by atoms with Gasteiger partial charge in [0.15, 0.2) is 0 Å². The summed E-state index contributed by atoms with van der Waals surface area (Å²) in [7, 11) is 0. The quantitative estimate of drug-likeness (QED) is 0.575. The van der Waals surface area contributed by atoms with E-state index in [1.54, 1.807) is 6.92 Å². The van der Waals surface area contributed by atoms with Crippen molar-refractivity contribution >= 4 is 11.7 Å². The summed E-state index contributed by atoms with van der Waals surface area (Å²) in [5.74, 6) is -1.38. The van der Waals surface area contributed by atoms with E-state index in [-0.39, 0.29) is 6.61 Å². The highest BCUT2D eigenvalue weighted by Crippen LogP contribution is 2.23. The second kappa shape index (κ2) is 4.05. The van der Waals surface area contributed by atoms with Crippen LogP contribution in [0.3, 0.4) is 0 Å². The van der Waals surface area contributed by atoms with Crippen LogP contribution >= 0.6 is 0 Å². The van der Waals surface area contributed by atoms with Gasteiger partial charge in [-0.25, -0.2) is 4.79 Å². The number of aromatic carboxylic acids is 1. The fourth-order valence-corrected chi connectivity index (χ4v) is 1.23. The predicted octanol–water partition coefficient (Wildman–Crippen LogP) is 1.09. The molecule has 6 nitrogen and oxygen atoms in total. The van der Waals surface area contributed by atoms with Crippen molar-refractivity contribution in [3.05, 3.63) is 38.9 Å². The highest BCUT2D eigenvalue weighted by molar-refractivity contribution is 5.92. The number of nitro groups is 1. The van der Waals surface area contributed by atoms with Gasteiger partial charge in [0.1, 0.15) is 5.56 Å². The molecular formula is C9H9NO5. The number of hydrogen-bond donors (Lipinski definition) is 2. The number of carboxylic acid groups (broad SMARTS) is 1. The van der Waals surface area contributed by atoms with E-state index in [1.165, 1.54) is 0 Å². The van der Waals surface area contributed by atoms with Crippen LogP contribution in [-0.2, 0) is 6.61 Å². The summed E-state index contributed by atoms with van der Waals surface area (Å²) in [5, 5.41) is 28.2. The molecule has 0 aromatic heterocycles. The van der Waals surface area contributed by atoms with Gasteiger partial charge in [-0.05, 0) is 24.1 Å². The van der Waals surface area contributed by atoms with E-state index in [9.17, 15) is 14.9 Å². The lowest BCUT2D eigenvalue weighted by atomic mass is 10.0. The first-order chi connectivity index (χ1) is 6.97. The average Bonchev–Trinajstić information content (AvgIpc) is 2.16. The van der Waals surface area contributed by atoms with Crippen LogP contribution < -0.4 is 0 Å². The third kappa shape index (κ3) is 2.10. The van der Waals surface area contributed by atoms with Crippen molar-refractivity contribution in [1.82, 2.24) is 0 Å². The van der Waals surface area contributed by atoms with Gasteiger partial charge < -0.3 is 10.2 Å². The topological polar surface area (TPSA) is 101 Å². The largest absolute Gasteiger partial charge is 0.477 e. The zero-order chi connectivity index (χ0) is 11.6. The molecule has 80 valence electrons. The summed E-state index contributed by atoms with van der Waals surface area (Å²) in [6.07, 6.45) is 0. The molecule has 15 heavy (non-hydrogen) atoms. The van der Waals surface area contributed by atoms with Crippen LogP contribution in [0.4, 0.5) is 5.69 Å². The Morgan fingerprint density at radius 3 is 2.53 bits per heavy atom. The summed E-state index contributed by atoms with van der Waals surface area (Å²) in [6.45, 7) is 1.23. The standard InChI is InChI=1S/C9H9NO5/c1-5-2-8(10(14)15)7(9(12)13)3-6(5)4-11/h2-3,11H,4H2,1H3,(H,12,13). The van der Waals surface area contributed by atoms with Crippen molar-refractivity contribution in [2.75, 3.05) is 0 Å². The minimum absolute atomic E-state index is 0.343. The highest BCUT2D eigenvalue weighted by atomic mass is 16.6. The maximum absolute atomic E-state index is 10.7. The number of aryl methyl sites for hydroxylation is 1. The van der Waals surface area contributed by atoms with Gasteiger partial charge in [0.2, 0.25) is 0 Å². The zero-order valence-corrected chi connectivity index (χ0v) is 7.93. The van der Waals surface area contributed by atoms with Crippen molar-refractivity contribution in [1.29, 1.82) is 0 Å². The van der Waals surface area contributed by atoms with E-state index < -0.39 is 22.1 Å². The summed E-state index contributed by atoms with van der Waals surface area (Å²) in [6, 6.07) is 2.27. The lowest BCUT2D eigenvalue weighted by Gasteiger charge is -2.04. The zero-order valence-electron chi connectivity index (χ0n) is 7.93. The minimum atomic E-state index is -1.38. The maximum atomic E-state index is 10.7.